The molecule has 2 N–H and O–H groups in total. The number of amides is 1. The van der Waals surface area contributed by atoms with Gasteiger partial charge in [0.2, 0.25) is 15.9 Å². The number of hydrogen-bond acceptors (Lipinski definition) is 4. The number of nitrogens with one attached hydrogen (secondary N) is 2. The van der Waals surface area contributed by atoms with Crippen LogP contribution < -0.4 is 14.8 Å². The lowest BCUT2D eigenvalue weighted by atomic mass is 10.0. The molecule has 2 aromatic carbocycles. The van der Waals surface area contributed by atoms with E-state index >= 15 is 0 Å². The Hall–Kier alpha value is -2.12. The summed E-state index contributed by atoms with van der Waals surface area (Å²) in [5, 5.41) is 4.94. The van der Waals surface area contributed by atoms with Crippen molar-refractivity contribution in [2.45, 2.75) is 26.2 Å². The number of carbonyl (C=O) groups is 1. The zero-order valence-corrected chi connectivity index (χ0v) is 16.1. The summed E-state index contributed by atoms with van der Waals surface area (Å²) >= 11 is 0. The smallest absolute Gasteiger partial charge is 0.220 e. The van der Waals surface area contributed by atoms with Crippen molar-refractivity contribution in [1.82, 2.24) is 10.0 Å². The van der Waals surface area contributed by atoms with Gasteiger partial charge in [0.25, 0.3) is 0 Å². The molecule has 0 atom stereocenters. The number of rotatable bonds is 10. The predicted molar refractivity (Wildman–Crippen MR) is 104 cm³/mol. The highest BCUT2D eigenvalue weighted by molar-refractivity contribution is 7.88. The predicted octanol–water partition coefficient (Wildman–Crippen LogP) is 2.23. The van der Waals surface area contributed by atoms with Crippen LogP contribution in [0, 0.1) is 0 Å². The summed E-state index contributed by atoms with van der Waals surface area (Å²) in [5.74, 6) is 0.807. The SMILES string of the molecule is CCCC(=O)NCCOc1ccc2cc(CCNS(C)(=O)=O)ccc2c1. The summed E-state index contributed by atoms with van der Waals surface area (Å²) < 4.78 is 30.4. The van der Waals surface area contributed by atoms with Crippen LogP contribution in [0.25, 0.3) is 10.8 Å². The van der Waals surface area contributed by atoms with Gasteiger partial charge in [-0.15, -0.1) is 0 Å². The Morgan fingerprint density at radius 3 is 2.54 bits per heavy atom. The summed E-state index contributed by atoms with van der Waals surface area (Å²) in [5.41, 5.74) is 1.07. The van der Waals surface area contributed by atoms with Crippen LogP contribution >= 0.6 is 0 Å². The van der Waals surface area contributed by atoms with Crippen LogP contribution in [0.2, 0.25) is 0 Å². The van der Waals surface area contributed by atoms with Gasteiger partial charge in [-0.3, -0.25) is 4.79 Å². The van der Waals surface area contributed by atoms with Gasteiger partial charge in [-0.2, -0.15) is 0 Å². The summed E-state index contributed by atoms with van der Waals surface area (Å²) in [7, 11) is -3.16. The fourth-order valence-corrected chi connectivity index (χ4v) is 3.05. The molecule has 0 unspecified atom stereocenters. The average molecular weight is 378 g/mol. The van der Waals surface area contributed by atoms with E-state index in [9.17, 15) is 13.2 Å². The van der Waals surface area contributed by atoms with Gasteiger partial charge in [0, 0.05) is 13.0 Å². The lowest BCUT2D eigenvalue weighted by molar-refractivity contribution is -0.121. The van der Waals surface area contributed by atoms with E-state index in [1.807, 2.05) is 43.3 Å². The van der Waals surface area contributed by atoms with Crippen molar-refractivity contribution >= 4 is 26.7 Å². The second-order valence-corrected chi connectivity index (χ2v) is 8.04. The summed E-state index contributed by atoms with van der Waals surface area (Å²) in [6, 6.07) is 11.9. The summed E-state index contributed by atoms with van der Waals surface area (Å²) in [4.78, 5) is 11.4. The maximum atomic E-state index is 11.4. The minimum atomic E-state index is -3.16. The highest BCUT2D eigenvalue weighted by Crippen LogP contribution is 2.22. The molecule has 0 spiro atoms. The van der Waals surface area contributed by atoms with E-state index in [2.05, 4.69) is 10.0 Å². The maximum absolute atomic E-state index is 11.4. The number of sulfonamides is 1. The van der Waals surface area contributed by atoms with Gasteiger partial charge < -0.3 is 10.1 Å². The lowest BCUT2D eigenvalue weighted by Crippen LogP contribution is -2.27. The maximum Gasteiger partial charge on any atom is 0.220 e. The van der Waals surface area contributed by atoms with Crippen molar-refractivity contribution in [1.29, 1.82) is 0 Å². The van der Waals surface area contributed by atoms with E-state index in [4.69, 9.17) is 4.74 Å². The van der Waals surface area contributed by atoms with E-state index in [1.165, 1.54) is 0 Å². The number of benzene rings is 2. The summed E-state index contributed by atoms with van der Waals surface area (Å²) in [6.07, 6.45) is 3.17. The minimum Gasteiger partial charge on any atom is -0.492 e. The van der Waals surface area contributed by atoms with E-state index in [0.29, 0.717) is 32.5 Å². The molecule has 0 fully saturated rings. The molecule has 2 aromatic rings. The Bertz CT molecular complexity index is 850. The fraction of sp³-hybridized carbons (Fsp3) is 0.421. The first-order valence-corrected chi connectivity index (χ1v) is 10.6. The first kappa shape index (κ1) is 20.2. The molecular weight excluding hydrogens is 352 g/mol. The van der Waals surface area contributed by atoms with Crippen LogP contribution in [0.3, 0.4) is 0 Å². The second-order valence-electron chi connectivity index (χ2n) is 6.21. The van der Waals surface area contributed by atoms with Crippen molar-refractivity contribution in [3.8, 4) is 5.75 Å². The first-order valence-electron chi connectivity index (χ1n) is 8.74. The number of ether oxygens (including phenoxy) is 1. The highest BCUT2D eigenvalue weighted by Gasteiger charge is 2.03. The van der Waals surface area contributed by atoms with Crippen molar-refractivity contribution in [2.24, 2.45) is 0 Å². The molecule has 7 heteroatoms. The van der Waals surface area contributed by atoms with Crippen LogP contribution in [-0.4, -0.2) is 40.3 Å². The molecule has 0 aliphatic rings. The van der Waals surface area contributed by atoms with Crippen LogP contribution in [-0.2, 0) is 21.2 Å². The van der Waals surface area contributed by atoms with Gasteiger partial charge in [0.15, 0.2) is 0 Å². The summed E-state index contributed by atoms with van der Waals surface area (Å²) in [6.45, 7) is 3.27. The molecule has 0 aromatic heterocycles. The Morgan fingerprint density at radius 1 is 1.08 bits per heavy atom. The van der Waals surface area contributed by atoms with Crippen LogP contribution in [0.15, 0.2) is 36.4 Å². The number of fused-ring (bicyclic) bond motifs is 1. The van der Waals surface area contributed by atoms with Crippen LogP contribution in [0.5, 0.6) is 5.75 Å². The molecule has 6 nitrogen and oxygen atoms in total. The van der Waals surface area contributed by atoms with Crippen LogP contribution in [0.1, 0.15) is 25.3 Å². The lowest BCUT2D eigenvalue weighted by Gasteiger charge is -2.09. The topological polar surface area (TPSA) is 84.5 Å². The van der Waals surface area contributed by atoms with Gasteiger partial charge in [0.05, 0.1) is 12.8 Å². The standard InChI is InChI=1S/C19H26N2O4S/c1-3-4-19(22)20-11-12-25-18-8-7-16-13-15(5-6-17(16)14-18)9-10-21-26(2,23)24/h5-8,13-14,21H,3-4,9-12H2,1-2H3,(H,20,22). The third-order valence-electron chi connectivity index (χ3n) is 3.82. The monoisotopic (exact) mass is 378 g/mol. The third kappa shape index (κ3) is 7.01. The molecule has 0 bridgehead atoms. The van der Waals surface area contributed by atoms with E-state index in [0.717, 1.165) is 34.8 Å². The van der Waals surface area contributed by atoms with E-state index in [-0.39, 0.29) is 5.91 Å². The molecule has 0 saturated heterocycles. The molecule has 2 rings (SSSR count). The Balaban J connectivity index is 1.88. The largest absolute Gasteiger partial charge is 0.492 e. The van der Waals surface area contributed by atoms with Gasteiger partial charge in [-0.1, -0.05) is 31.2 Å². The Labute approximate surface area is 155 Å². The zero-order valence-electron chi connectivity index (χ0n) is 15.2. The molecule has 142 valence electrons. The highest BCUT2D eigenvalue weighted by atomic mass is 32.2. The molecule has 0 heterocycles. The molecular formula is C19H26N2O4S. The van der Waals surface area contributed by atoms with E-state index in [1.54, 1.807) is 0 Å². The van der Waals surface area contributed by atoms with Crippen molar-refractivity contribution in [3.05, 3.63) is 42.0 Å². The molecule has 0 radical (unpaired) electrons. The molecule has 0 saturated carbocycles. The molecule has 1 amide bonds. The zero-order chi connectivity index (χ0) is 19.0. The molecule has 0 aliphatic carbocycles. The fourth-order valence-electron chi connectivity index (χ4n) is 2.57. The van der Waals surface area contributed by atoms with Gasteiger partial charge >= 0.3 is 0 Å². The Morgan fingerprint density at radius 2 is 1.81 bits per heavy atom. The normalized spacial score (nSPS) is 11.5. The van der Waals surface area contributed by atoms with Crippen molar-refractivity contribution < 1.29 is 17.9 Å². The Kier molecular flexibility index (Phi) is 7.41. The minimum absolute atomic E-state index is 0.0486. The van der Waals surface area contributed by atoms with Gasteiger partial charge in [0.1, 0.15) is 12.4 Å². The van der Waals surface area contributed by atoms with Gasteiger partial charge in [-0.25, -0.2) is 13.1 Å². The number of hydrogen-bond donors (Lipinski definition) is 2. The first-order chi connectivity index (χ1) is 12.4. The third-order valence-corrected chi connectivity index (χ3v) is 4.55. The van der Waals surface area contributed by atoms with Crippen molar-refractivity contribution in [3.63, 3.8) is 0 Å². The van der Waals surface area contributed by atoms with Crippen molar-refractivity contribution in [2.75, 3.05) is 26.0 Å². The average Bonchev–Trinajstić information content (AvgIpc) is 2.58. The molecule has 0 aliphatic heterocycles. The van der Waals surface area contributed by atoms with Crippen LogP contribution in [0.4, 0.5) is 0 Å². The van der Waals surface area contributed by atoms with E-state index < -0.39 is 10.0 Å². The number of carbonyl (C=O) groups excluding carboxylic acids is 1. The quantitative estimate of drug-likeness (QED) is 0.621. The second kappa shape index (κ2) is 9.54. The molecule has 26 heavy (non-hydrogen) atoms. The van der Waals surface area contributed by atoms with Gasteiger partial charge in [-0.05, 0) is 41.3 Å².